The van der Waals surface area contributed by atoms with Gasteiger partial charge in [-0.2, -0.15) is 0 Å². The zero-order valence-corrected chi connectivity index (χ0v) is 22.5. The van der Waals surface area contributed by atoms with Gasteiger partial charge in [-0.3, -0.25) is 9.47 Å². The molecule has 0 spiro atoms. The minimum Gasteiger partial charge on any atom is -0.463 e. The molecule has 11 nitrogen and oxygen atoms in total. The molecule has 1 saturated carbocycles. The summed E-state index contributed by atoms with van der Waals surface area (Å²) in [5, 5.41) is 0. The molecule has 0 radical (unpaired) electrons. The highest BCUT2D eigenvalue weighted by molar-refractivity contribution is 5.82. The van der Waals surface area contributed by atoms with Gasteiger partial charge in [0.25, 0.3) is 0 Å². The first kappa shape index (κ1) is 26.0. The first-order chi connectivity index (χ1) is 17.6. The Bertz CT molecular complexity index is 1170. The summed E-state index contributed by atoms with van der Waals surface area (Å²) in [6.45, 7) is 13.2. The lowest BCUT2D eigenvalue weighted by atomic mass is 9.74. The van der Waals surface area contributed by atoms with Crippen LogP contribution in [0.5, 0.6) is 0 Å². The Balaban J connectivity index is 1.32. The highest BCUT2D eigenvalue weighted by Crippen LogP contribution is 2.45. The standard InChI is InChI=1S/C26H38N6O5/c1-7-34-19(33)8-15(4)16-9-17(10-16)31(14(2)3)11-18-21-22(37-26(5,6)36-21)25(35-18)32-13-30-20-23(27)28-12-29-24(20)32/h8,12-14,16-18,21-22,25H,7,9-11H2,1-6H3,(H2,27,28,29)/b15-8+/t16-,17+,18-,21-,22-,25-/m1/s1. The van der Waals surface area contributed by atoms with Crippen molar-refractivity contribution in [1.82, 2.24) is 24.4 Å². The molecule has 0 unspecified atom stereocenters. The van der Waals surface area contributed by atoms with Gasteiger partial charge in [-0.25, -0.2) is 19.7 Å². The third kappa shape index (κ3) is 4.97. The van der Waals surface area contributed by atoms with Gasteiger partial charge >= 0.3 is 5.97 Å². The van der Waals surface area contributed by atoms with Crippen LogP contribution in [-0.4, -0.2) is 79.7 Å². The number of ether oxygens (including phenoxy) is 4. The number of allylic oxidation sites excluding steroid dienone is 1. The molecule has 5 rings (SSSR count). The highest BCUT2D eigenvalue weighted by Gasteiger charge is 2.57. The average Bonchev–Trinajstić information content (AvgIpc) is 3.44. The number of fused-ring (bicyclic) bond motifs is 2. The lowest BCUT2D eigenvalue weighted by Gasteiger charge is -2.46. The van der Waals surface area contributed by atoms with Gasteiger partial charge in [0.2, 0.25) is 0 Å². The number of rotatable bonds is 8. The first-order valence-corrected chi connectivity index (χ1v) is 13.1. The smallest absolute Gasteiger partial charge is 0.330 e. The minimum absolute atomic E-state index is 0.203. The first-order valence-electron chi connectivity index (χ1n) is 13.1. The van der Waals surface area contributed by atoms with E-state index in [4.69, 9.17) is 24.7 Å². The third-order valence-corrected chi connectivity index (χ3v) is 7.70. The second-order valence-corrected chi connectivity index (χ2v) is 11.0. The van der Waals surface area contributed by atoms with Gasteiger partial charge in [0.05, 0.1) is 12.9 Å². The molecule has 0 bridgehead atoms. The van der Waals surface area contributed by atoms with Gasteiger partial charge in [-0.1, -0.05) is 5.57 Å². The summed E-state index contributed by atoms with van der Waals surface area (Å²) in [7, 11) is 0. The van der Waals surface area contributed by atoms with Crippen molar-refractivity contribution in [3.8, 4) is 0 Å². The van der Waals surface area contributed by atoms with Crippen LogP contribution in [0.4, 0.5) is 5.82 Å². The number of carbonyl (C=O) groups excluding carboxylic acids is 1. The zero-order valence-electron chi connectivity index (χ0n) is 22.5. The van der Waals surface area contributed by atoms with Crippen LogP contribution in [0, 0.1) is 5.92 Å². The number of hydrogen-bond donors (Lipinski definition) is 1. The van der Waals surface area contributed by atoms with Gasteiger partial charge in [-0.05, 0) is 60.3 Å². The Morgan fingerprint density at radius 3 is 2.70 bits per heavy atom. The van der Waals surface area contributed by atoms with E-state index in [-0.39, 0.29) is 24.3 Å². The molecule has 202 valence electrons. The van der Waals surface area contributed by atoms with Crippen LogP contribution in [0.1, 0.15) is 60.6 Å². The van der Waals surface area contributed by atoms with E-state index in [1.807, 2.05) is 32.3 Å². The van der Waals surface area contributed by atoms with Gasteiger partial charge < -0.3 is 24.7 Å². The number of esters is 1. The van der Waals surface area contributed by atoms with Gasteiger partial charge in [0.1, 0.15) is 30.2 Å². The Labute approximate surface area is 217 Å². The predicted octanol–water partition coefficient (Wildman–Crippen LogP) is 2.82. The number of carbonyl (C=O) groups is 1. The average molecular weight is 515 g/mol. The minimum atomic E-state index is -0.723. The molecule has 2 aliphatic heterocycles. The predicted molar refractivity (Wildman–Crippen MR) is 136 cm³/mol. The molecule has 0 amide bonds. The van der Waals surface area contributed by atoms with Crippen LogP contribution in [0.25, 0.3) is 11.2 Å². The molecule has 1 aliphatic carbocycles. The van der Waals surface area contributed by atoms with Gasteiger partial charge in [0, 0.05) is 24.7 Å². The number of aromatic nitrogens is 4. The fourth-order valence-corrected chi connectivity index (χ4v) is 5.79. The van der Waals surface area contributed by atoms with Crippen molar-refractivity contribution in [3.05, 3.63) is 24.3 Å². The molecule has 0 aromatic carbocycles. The van der Waals surface area contributed by atoms with E-state index in [0.29, 0.717) is 48.1 Å². The van der Waals surface area contributed by atoms with Crippen molar-refractivity contribution in [2.75, 3.05) is 18.9 Å². The number of anilines is 1. The van der Waals surface area contributed by atoms with Crippen molar-refractivity contribution in [3.63, 3.8) is 0 Å². The van der Waals surface area contributed by atoms with E-state index < -0.39 is 12.0 Å². The van der Waals surface area contributed by atoms with Gasteiger partial charge in [0.15, 0.2) is 23.5 Å². The van der Waals surface area contributed by atoms with Crippen molar-refractivity contribution in [2.24, 2.45) is 5.92 Å². The van der Waals surface area contributed by atoms with Gasteiger partial charge in [-0.15, -0.1) is 0 Å². The molecule has 2 aromatic heterocycles. The zero-order chi connectivity index (χ0) is 26.5. The number of nitrogen functional groups attached to an aromatic ring is 1. The number of imidazole rings is 1. The topological polar surface area (TPSA) is 127 Å². The Morgan fingerprint density at radius 2 is 2.00 bits per heavy atom. The number of hydrogen-bond acceptors (Lipinski definition) is 10. The van der Waals surface area contributed by atoms with Crippen LogP contribution in [0.15, 0.2) is 24.3 Å². The molecule has 2 N–H and O–H groups in total. The summed E-state index contributed by atoms with van der Waals surface area (Å²) in [4.78, 5) is 27.2. The van der Waals surface area contributed by atoms with Crippen LogP contribution >= 0.6 is 0 Å². The fraction of sp³-hybridized carbons (Fsp3) is 0.692. The molecule has 3 aliphatic rings. The maximum Gasteiger partial charge on any atom is 0.330 e. The van der Waals surface area contributed by atoms with E-state index in [1.165, 1.54) is 6.33 Å². The Kier molecular flexibility index (Phi) is 6.99. The van der Waals surface area contributed by atoms with E-state index in [9.17, 15) is 4.79 Å². The summed E-state index contributed by atoms with van der Waals surface area (Å²) in [6.07, 6.45) is 5.54. The molecule has 2 aromatic rings. The molecule has 37 heavy (non-hydrogen) atoms. The molecular formula is C26H38N6O5. The van der Waals surface area contributed by atoms with Crippen molar-refractivity contribution in [1.29, 1.82) is 0 Å². The van der Waals surface area contributed by atoms with Crippen LogP contribution in [-0.2, 0) is 23.7 Å². The summed E-state index contributed by atoms with van der Waals surface area (Å²) in [6, 6.07) is 0.715. The van der Waals surface area contributed by atoms with Crippen LogP contribution in [0.3, 0.4) is 0 Å². The van der Waals surface area contributed by atoms with Crippen molar-refractivity contribution >= 4 is 23.0 Å². The summed E-state index contributed by atoms with van der Waals surface area (Å²) >= 11 is 0. The van der Waals surface area contributed by atoms with Crippen LogP contribution in [0.2, 0.25) is 0 Å². The normalized spacial score (nSPS) is 31.2. The van der Waals surface area contributed by atoms with Crippen LogP contribution < -0.4 is 5.73 Å². The molecule has 3 fully saturated rings. The van der Waals surface area contributed by atoms with E-state index >= 15 is 0 Å². The van der Waals surface area contributed by atoms with E-state index in [1.54, 1.807) is 12.4 Å². The number of nitrogens with two attached hydrogens (primary N) is 1. The lowest BCUT2D eigenvalue weighted by Crippen LogP contribution is -2.52. The maximum atomic E-state index is 11.9. The lowest BCUT2D eigenvalue weighted by molar-refractivity contribution is -0.199. The molecule has 4 atom stereocenters. The van der Waals surface area contributed by atoms with Crippen molar-refractivity contribution in [2.45, 2.75) is 96.8 Å². The quantitative estimate of drug-likeness (QED) is 0.415. The van der Waals surface area contributed by atoms with Crippen molar-refractivity contribution < 1.29 is 23.7 Å². The Morgan fingerprint density at radius 1 is 1.27 bits per heavy atom. The maximum absolute atomic E-state index is 11.9. The largest absolute Gasteiger partial charge is 0.463 e. The fourth-order valence-electron chi connectivity index (χ4n) is 5.79. The monoisotopic (exact) mass is 514 g/mol. The summed E-state index contributed by atoms with van der Waals surface area (Å²) < 4.78 is 26.3. The molecule has 2 saturated heterocycles. The van der Waals surface area contributed by atoms with E-state index in [0.717, 1.165) is 18.4 Å². The van der Waals surface area contributed by atoms with E-state index in [2.05, 4.69) is 33.7 Å². The molecular weight excluding hydrogens is 476 g/mol. The summed E-state index contributed by atoms with van der Waals surface area (Å²) in [5.74, 6) is -0.274. The SMILES string of the molecule is CCOC(=O)/C=C(\C)[C@H]1C[C@@H](N(C[C@H]2O[C@@H](n3cnc4c(N)ncnc43)[C@@H]3OC(C)(C)O[C@@H]32)C(C)C)C1. The summed E-state index contributed by atoms with van der Waals surface area (Å²) in [5.41, 5.74) is 8.24. The number of nitrogens with zero attached hydrogens (tertiary/aromatic N) is 5. The Hall–Kier alpha value is -2.60. The second-order valence-electron chi connectivity index (χ2n) is 11.0. The second kappa shape index (κ2) is 9.94. The molecule has 4 heterocycles. The third-order valence-electron chi connectivity index (χ3n) is 7.70. The highest BCUT2D eigenvalue weighted by atomic mass is 16.8. The molecule has 11 heteroatoms.